The lowest BCUT2D eigenvalue weighted by molar-refractivity contribution is 0.0828. The van der Waals surface area contributed by atoms with Gasteiger partial charge in [-0.25, -0.2) is 0 Å². The van der Waals surface area contributed by atoms with Gasteiger partial charge in [0.1, 0.15) is 0 Å². The molecule has 3 N–H and O–H groups in total. The maximum atomic E-state index is 9.06. The van der Waals surface area contributed by atoms with E-state index >= 15 is 0 Å². The summed E-state index contributed by atoms with van der Waals surface area (Å²) in [6.45, 7) is 6.10. The van der Waals surface area contributed by atoms with Crippen LogP contribution in [0, 0.1) is 0 Å². The van der Waals surface area contributed by atoms with Crippen LogP contribution in [0.5, 0.6) is 0 Å². The van der Waals surface area contributed by atoms with E-state index < -0.39 is 5.54 Å². The fraction of sp³-hybridized carbons (Fsp3) is 1.00. The number of rotatable bonds is 7. The minimum atomic E-state index is -0.414. The molecule has 1 rings (SSSR count). The highest BCUT2D eigenvalue weighted by atomic mass is 16.5. The van der Waals surface area contributed by atoms with Crippen LogP contribution in [0.1, 0.15) is 39.5 Å². The molecule has 4 heteroatoms. The zero-order valence-corrected chi connectivity index (χ0v) is 11.5. The Morgan fingerprint density at radius 3 is 2.71 bits per heavy atom. The van der Waals surface area contributed by atoms with E-state index in [1.54, 1.807) is 0 Å². The van der Waals surface area contributed by atoms with Crippen molar-refractivity contribution in [3.05, 3.63) is 0 Å². The molecule has 1 heterocycles. The van der Waals surface area contributed by atoms with E-state index in [9.17, 15) is 0 Å². The smallest absolute Gasteiger partial charge is 0.0702 e. The predicted molar refractivity (Wildman–Crippen MR) is 70.0 cm³/mol. The first-order valence-electron chi connectivity index (χ1n) is 6.68. The van der Waals surface area contributed by atoms with Crippen molar-refractivity contribution in [3.63, 3.8) is 0 Å². The number of ether oxygens (including phenoxy) is 1. The van der Waals surface area contributed by atoms with E-state index in [-0.39, 0.29) is 6.61 Å². The molecule has 0 aromatic heterocycles. The number of unbranched alkanes of at least 4 members (excludes halogenated alkanes) is 1. The molecule has 0 saturated carbocycles. The second-order valence-corrected chi connectivity index (χ2v) is 5.68. The van der Waals surface area contributed by atoms with E-state index in [1.165, 1.54) is 0 Å². The molecule has 1 aliphatic rings. The van der Waals surface area contributed by atoms with E-state index in [0.717, 1.165) is 38.8 Å². The first kappa shape index (κ1) is 14.9. The second-order valence-electron chi connectivity index (χ2n) is 5.68. The summed E-state index contributed by atoms with van der Waals surface area (Å²) in [5, 5.41) is 9.06. The largest absolute Gasteiger partial charge is 0.394 e. The van der Waals surface area contributed by atoms with Gasteiger partial charge in [-0.3, -0.25) is 0 Å². The van der Waals surface area contributed by atoms with Crippen LogP contribution in [0.15, 0.2) is 0 Å². The topological polar surface area (TPSA) is 58.7 Å². The van der Waals surface area contributed by atoms with Crippen molar-refractivity contribution in [3.8, 4) is 0 Å². The molecule has 0 aliphatic carbocycles. The fourth-order valence-corrected chi connectivity index (χ4v) is 2.43. The first-order chi connectivity index (χ1) is 7.96. The number of hydrogen-bond donors (Lipinski definition) is 2. The average Bonchev–Trinajstić information content (AvgIpc) is 2.71. The lowest BCUT2D eigenvalue weighted by Gasteiger charge is -2.27. The Balaban J connectivity index is 2.14. The van der Waals surface area contributed by atoms with E-state index in [0.29, 0.717) is 12.1 Å². The second kappa shape index (κ2) is 6.69. The van der Waals surface area contributed by atoms with Crippen LogP contribution in [-0.4, -0.2) is 54.5 Å². The van der Waals surface area contributed by atoms with Crippen molar-refractivity contribution in [2.24, 2.45) is 5.73 Å². The first-order valence-corrected chi connectivity index (χ1v) is 6.68. The van der Waals surface area contributed by atoms with Crippen molar-refractivity contribution in [1.29, 1.82) is 0 Å². The molecule has 1 fully saturated rings. The molecule has 1 aliphatic heterocycles. The summed E-state index contributed by atoms with van der Waals surface area (Å²) < 4.78 is 5.57. The van der Waals surface area contributed by atoms with Crippen molar-refractivity contribution in [1.82, 2.24) is 4.90 Å². The third-order valence-electron chi connectivity index (χ3n) is 3.77. The van der Waals surface area contributed by atoms with E-state index in [2.05, 4.69) is 18.9 Å². The summed E-state index contributed by atoms with van der Waals surface area (Å²) >= 11 is 0. The molecular weight excluding hydrogens is 216 g/mol. The van der Waals surface area contributed by atoms with Crippen LogP contribution in [-0.2, 0) is 4.74 Å². The summed E-state index contributed by atoms with van der Waals surface area (Å²) in [4.78, 5) is 2.39. The summed E-state index contributed by atoms with van der Waals surface area (Å²) in [5.41, 5.74) is 5.48. The van der Waals surface area contributed by atoms with Crippen LogP contribution < -0.4 is 5.73 Å². The number of nitrogens with zero attached hydrogens (tertiary/aromatic N) is 1. The lowest BCUT2D eigenvalue weighted by atomic mass is 9.97. The highest BCUT2D eigenvalue weighted by Gasteiger charge is 2.27. The minimum Gasteiger partial charge on any atom is -0.394 e. The van der Waals surface area contributed by atoms with Gasteiger partial charge >= 0.3 is 0 Å². The third-order valence-corrected chi connectivity index (χ3v) is 3.77. The highest BCUT2D eigenvalue weighted by molar-refractivity contribution is 4.81. The molecule has 0 bridgehead atoms. The van der Waals surface area contributed by atoms with Gasteiger partial charge in [0, 0.05) is 18.2 Å². The quantitative estimate of drug-likeness (QED) is 0.655. The Labute approximate surface area is 105 Å². The Morgan fingerprint density at radius 1 is 1.47 bits per heavy atom. The number of aliphatic hydroxyl groups is 1. The highest BCUT2D eigenvalue weighted by Crippen LogP contribution is 2.19. The molecule has 4 nitrogen and oxygen atoms in total. The van der Waals surface area contributed by atoms with Gasteiger partial charge in [-0.1, -0.05) is 6.42 Å². The van der Waals surface area contributed by atoms with Crippen molar-refractivity contribution >= 4 is 0 Å². The Bertz CT molecular complexity index is 221. The molecule has 0 amide bonds. The summed E-state index contributed by atoms with van der Waals surface area (Å²) in [5.74, 6) is 0. The van der Waals surface area contributed by atoms with Crippen molar-refractivity contribution in [2.75, 3.05) is 26.8 Å². The number of nitrogens with two attached hydrogens (primary N) is 1. The lowest BCUT2D eigenvalue weighted by Crippen LogP contribution is -2.40. The van der Waals surface area contributed by atoms with Crippen LogP contribution in [0.25, 0.3) is 0 Å². The molecule has 102 valence electrons. The standard InChI is InChI=1S/C13H28N2O2/c1-11-12(6-9-17-11)15(3)8-5-4-7-13(2,14)10-16/h11-12,16H,4-10,14H2,1-3H3. The minimum absolute atomic E-state index is 0.0658. The van der Waals surface area contributed by atoms with Gasteiger partial charge in [0.15, 0.2) is 0 Å². The summed E-state index contributed by atoms with van der Waals surface area (Å²) in [6.07, 6.45) is 4.58. The molecule has 17 heavy (non-hydrogen) atoms. The van der Waals surface area contributed by atoms with Crippen LogP contribution >= 0.6 is 0 Å². The maximum absolute atomic E-state index is 9.06. The number of hydrogen-bond acceptors (Lipinski definition) is 4. The molecule has 0 aromatic rings. The van der Waals surface area contributed by atoms with Gasteiger partial charge in [0.2, 0.25) is 0 Å². The monoisotopic (exact) mass is 244 g/mol. The molecule has 0 spiro atoms. The zero-order valence-electron chi connectivity index (χ0n) is 11.5. The normalized spacial score (nSPS) is 28.6. The van der Waals surface area contributed by atoms with E-state index in [1.807, 2.05) is 6.92 Å². The van der Waals surface area contributed by atoms with Crippen LogP contribution in [0.4, 0.5) is 0 Å². The van der Waals surface area contributed by atoms with Gasteiger partial charge in [0.25, 0.3) is 0 Å². The SMILES string of the molecule is CC1OCCC1N(C)CCCCC(C)(N)CO. The van der Waals surface area contributed by atoms with Gasteiger partial charge in [-0.05, 0) is 46.7 Å². The molecule has 0 radical (unpaired) electrons. The molecule has 3 unspecified atom stereocenters. The van der Waals surface area contributed by atoms with Gasteiger partial charge < -0.3 is 20.5 Å². The predicted octanol–water partition coefficient (Wildman–Crippen LogP) is 0.976. The Kier molecular flexibility index (Phi) is 5.86. The zero-order chi connectivity index (χ0) is 12.9. The van der Waals surface area contributed by atoms with Crippen LogP contribution in [0.2, 0.25) is 0 Å². The van der Waals surface area contributed by atoms with E-state index in [4.69, 9.17) is 15.6 Å². The Morgan fingerprint density at radius 2 is 2.18 bits per heavy atom. The van der Waals surface area contributed by atoms with Gasteiger partial charge in [0.05, 0.1) is 12.7 Å². The average molecular weight is 244 g/mol. The number of likely N-dealkylation sites (N-methyl/N-ethyl adjacent to an activating group) is 1. The van der Waals surface area contributed by atoms with Crippen molar-refractivity contribution < 1.29 is 9.84 Å². The maximum Gasteiger partial charge on any atom is 0.0702 e. The molecular formula is C13H28N2O2. The molecule has 0 aromatic carbocycles. The van der Waals surface area contributed by atoms with Gasteiger partial charge in [-0.15, -0.1) is 0 Å². The summed E-state index contributed by atoms with van der Waals surface area (Å²) in [6, 6.07) is 0.567. The van der Waals surface area contributed by atoms with Crippen molar-refractivity contribution in [2.45, 2.75) is 57.2 Å². The Hall–Kier alpha value is -0.160. The fourth-order valence-electron chi connectivity index (χ4n) is 2.43. The number of aliphatic hydroxyl groups excluding tert-OH is 1. The third kappa shape index (κ3) is 4.92. The van der Waals surface area contributed by atoms with Crippen LogP contribution in [0.3, 0.4) is 0 Å². The summed E-state index contributed by atoms with van der Waals surface area (Å²) in [7, 11) is 2.17. The van der Waals surface area contributed by atoms with Gasteiger partial charge in [-0.2, -0.15) is 0 Å². The molecule has 1 saturated heterocycles. The molecule has 3 atom stereocenters.